The van der Waals surface area contributed by atoms with Crippen molar-refractivity contribution in [3.8, 4) is 0 Å². The van der Waals surface area contributed by atoms with Gasteiger partial charge in [-0.15, -0.1) is 0 Å². The Kier molecular flexibility index (Phi) is 3.15. The summed E-state index contributed by atoms with van der Waals surface area (Å²) >= 11 is 3.16. The number of benzene rings is 1. The molecule has 0 saturated carbocycles. The lowest BCUT2D eigenvalue weighted by Gasteiger charge is -2.17. The van der Waals surface area contributed by atoms with Crippen LogP contribution in [0.1, 0.15) is 6.42 Å². The van der Waals surface area contributed by atoms with Crippen LogP contribution in [0, 0.1) is 11.7 Å². The van der Waals surface area contributed by atoms with Gasteiger partial charge in [-0.1, -0.05) is 0 Å². The maximum atomic E-state index is 12.9. The predicted octanol–water partition coefficient (Wildman–Crippen LogP) is 2.03. The average Bonchev–Trinajstić information content (AvgIpc) is 2.61. The first-order chi connectivity index (χ1) is 7.99. The van der Waals surface area contributed by atoms with Crippen LogP contribution in [0.15, 0.2) is 22.7 Å². The Morgan fingerprint density at radius 1 is 1.53 bits per heavy atom. The minimum absolute atomic E-state index is 0.0147. The summed E-state index contributed by atoms with van der Waals surface area (Å²) in [5.41, 5.74) is 0.500. The van der Waals surface area contributed by atoms with Crippen molar-refractivity contribution in [2.24, 2.45) is 5.92 Å². The second kappa shape index (κ2) is 4.44. The molecule has 0 bridgehead atoms. The standard InChI is InChI=1S/C11H9BrFNO3/c12-8-4-7(13)1-2-9(8)14-5-6(11(16)17)3-10(14)15/h1-2,4,6H,3,5H2,(H,16,17)/t6-/m0/s1. The Balaban J connectivity index is 2.29. The molecule has 0 aliphatic carbocycles. The molecule has 1 atom stereocenters. The van der Waals surface area contributed by atoms with Gasteiger partial charge < -0.3 is 10.0 Å². The number of hydrogen-bond acceptors (Lipinski definition) is 2. The molecule has 1 aliphatic rings. The Labute approximate surface area is 105 Å². The number of anilines is 1. The van der Waals surface area contributed by atoms with Gasteiger partial charge in [0.1, 0.15) is 5.82 Å². The monoisotopic (exact) mass is 301 g/mol. The number of carbonyl (C=O) groups excluding carboxylic acids is 1. The van der Waals surface area contributed by atoms with Crippen LogP contribution in [0.2, 0.25) is 0 Å². The van der Waals surface area contributed by atoms with Crippen molar-refractivity contribution in [2.45, 2.75) is 6.42 Å². The molecular formula is C11H9BrFNO3. The van der Waals surface area contributed by atoms with Crippen LogP contribution in [0.3, 0.4) is 0 Å². The van der Waals surface area contributed by atoms with Gasteiger partial charge in [-0.25, -0.2) is 4.39 Å². The highest BCUT2D eigenvalue weighted by Gasteiger charge is 2.35. The summed E-state index contributed by atoms with van der Waals surface area (Å²) < 4.78 is 13.4. The molecule has 0 aromatic heterocycles. The van der Waals surface area contributed by atoms with E-state index < -0.39 is 17.7 Å². The number of aliphatic carboxylic acids is 1. The van der Waals surface area contributed by atoms with Gasteiger partial charge in [0.2, 0.25) is 5.91 Å². The van der Waals surface area contributed by atoms with E-state index in [2.05, 4.69) is 15.9 Å². The van der Waals surface area contributed by atoms with Crippen molar-refractivity contribution < 1.29 is 19.1 Å². The zero-order valence-electron chi connectivity index (χ0n) is 8.69. The smallest absolute Gasteiger partial charge is 0.308 e. The Morgan fingerprint density at radius 3 is 2.76 bits per heavy atom. The van der Waals surface area contributed by atoms with Crippen molar-refractivity contribution in [2.75, 3.05) is 11.4 Å². The molecule has 90 valence electrons. The summed E-state index contributed by atoms with van der Waals surface area (Å²) in [6.45, 7) is 0.123. The fourth-order valence-electron chi connectivity index (χ4n) is 1.81. The minimum Gasteiger partial charge on any atom is -0.481 e. The van der Waals surface area contributed by atoms with Gasteiger partial charge in [0.15, 0.2) is 0 Å². The molecule has 6 heteroatoms. The first kappa shape index (κ1) is 12.0. The second-order valence-corrected chi connectivity index (χ2v) is 4.69. The van der Waals surface area contributed by atoms with Crippen molar-refractivity contribution in [1.29, 1.82) is 0 Å². The summed E-state index contributed by atoms with van der Waals surface area (Å²) in [5.74, 6) is -2.36. The lowest BCUT2D eigenvalue weighted by Crippen LogP contribution is -2.26. The summed E-state index contributed by atoms with van der Waals surface area (Å²) in [7, 11) is 0. The number of rotatable bonds is 2. The zero-order valence-corrected chi connectivity index (χ0v) is 10.3. The van der Waals surface area contributed by atoms with Gasteiger partial charge in [-0.05, 0) is 34.1 Å². The van der Waals surface area contributed by atoms with E-state index in [4.69, 9.17) is 5.11 Å². The molecule has 1 saturated heterocycles. The summed E-state index contributed by atoms with van der Waals surface area (Å²) in [4.78, 5) is 23.9. The van der Waals surface area contributed by atoms with E-state index in [1.165, 1.54) is 23.1 Å². The number of carbonyl (C=O) groups is 2. The molecule has 1 heterocycles. The highest BCUT2D eigenvalue weighted by molar-refractivity contribution is 9.10. The number of carboxylic acid groups (broad SMARTS) is 1. The van der Waals surface area contributed by atoms with Crippen LogP contribution in [0.5, 0.6) is 0 Å². The molecule has 0 spiro atoms. The third-order valence-electron chi connectivity index (χ3n) is 2.67. The van der Waals surface area contributed by atoms with E-state index in [1.54, 1.807) is 0 Å². The first-order valence-electron chi connectivity index (χ1n) is 4.97. The van der Waals surface area contributed by atoms with Crippen LogP contribution in [0.4, 0.5) is 10.1 Å². The zero-order chi connectivity index (χ0) is 12.6. The van der Waals surface area contributed by atoms with Gasteiger partial charge in [0.05, 0.1) is 11.6 Å². The summed E-state index contributed by atoms with van der Waals surface area (Å²) in [5, 5.41) is 8.86. The van der Waals surface area contributed by atoms with Crippen molar-refractivity contribution in [1.82, 2.24) is 0 Å². The number of amides is 1. The molecule has 1 aliphatic heterocycles. The summed E-state index contributed by atoms with van der Waals surface area (Å²) in [6, 6.07) is 3.94. The van der Waals surface area contributed by atoms with E-state index in [0.29, 0.717) is 10.2 Å². The molecule has 4 nitrogen and oxygen atoms in total. The molecular weight excluding hydrogens is 293 g/mol. The SMILES string of the molecule is O=C(O)[C@H]1CC(=O)N(c2ccc(F)cc2Br)C1. The van der Waals surface area contributed by atoms with E-state index in [-0.39, 0.29) is 18.9 Å². The largest absolute Gasteiger partial charge is 0.481 e. The van der Waals surface area contributed by atoms with Crippen LogP contribution in [-0.4, -0.2) is 23.5 Å². The third kappa shape index (κ3) is 2.31. The van der Waals surface area contributed by atoms with Gasteiger partial charge in [0.25, 0.3) is 0 Å². The lowest BCUT2D eigenvalue weighted by atomic mass is 10.1. The fraction of sp³-hybridized carbons (Fsp3) is 0.273. The topological polar surface area (TPSA) is 57.6 Å². The Bertz CT molecular complexity index is 492. The number of halogens is 2. The van der Waals surface area contributed by atoms with Crippen molar-refractivity contribution in [3.05, 3.63) is 28.5 Å². The lowest BCUT2D eigenvalue weighted by molar-refractivity contribution is -0.141. The molecule has 1 amide bonds. The number of hydrogen-bond donors (Lipinski definition) is 1. The predicted molar refractivity (Wildman–Crippen MR) is 62.2 cm³/mol. The van der Waals surface area contributed by atoms with Crippen molar-refractivity contribution in [3.63, 3.8) is 0 Å². The molecule has 1 N–H and O–H groups in total. The maximum absolute atomic E-state index is 12.9. The molecule has 1 aromatic rings. The van der Waals surface area contributed by atoms with Gasteiger partial charge in [-0.2, -0.15) is 0 Å². The van der Waals surface area contributed by atoms with Gasteiger partial charge >= 0.3 is 5.97 Å². The number of nitrogens with zero attached hydrogens (tertiary/aromatic N) is 1. The highest BCUT2D eigenvalue weighted by Crippen LogP contribution is 2.31. The molecule has 1 aromatic carbocycles. The van der Waals surface area contributed by atoms with Crippen molar-refractivity contribution >= 4 is 33.5 Å². The Hall–Kier alpha value is -1.43. The molecule has 17 heavy (non-hydrogen) atoms. The number of carboxylic acids is 1. The van der Waals surface area contributed by atoms with Crippen LogP contribution < -0.4 is 4.90 Å². The van der Waals surface area contributed by atoms with Gasteiger partial charge in [-0.3, -0.25) is 9.59 Å². The van der Waals surface area contributed by atoms with Crippen LogP contribution >= 0.6 is 15.9 Å². The molecule has 2 rings (SSSR count). The average molecular weight is 302 g/mol. The highest BCUT2D eigenvalue weighted by atomic mass is 79.9. The third-order valence-corrected chi connectivity index (χ3v) is 3.31. The van der Waals surface area contributed by atoms with Gasteiger partial charge in [0, 0.05) is 17.4 Å². The first-order valence-corrected chi connectivity index (χ1v) is 5.76. The molecule has 0 unspecified atom stereocenters. The maximum Gasteiger partial charge on any atom is 0.308 e. The summed E-state index contributed by atoms with van der Waals surface area (Å²) in [6.07, 6.45) is -0.0147. The van der Waals surface area contributed by atoms with E-state index in [1.807, 2.05) is 0 Å². The second-order valence-electron chi connectivity index (χ2n) is 3.84. The van der Waals surface area contributed by atoms with E-state index >= 15 is 0 Å². The van der Waals surface area contributed by atoms with Crippen LogP contribution in [0.25, 0.3) is 0 Å². The van der Waals surface area contributed by atoms with E-state index in [0.717, 1.165) is 0 Å². The normalized spacial score (nSPS) is 19.8. The Morgan fingerprint density at radius 2 is 2.24 bits per heavy atom. The van der Waals surface area contributed by atoms with Crippen LogP contribution in [-0.2, 0) is 9.59 Å². The minimum atomic E-state index is -0.987. The quantitative estimate of drug-likeness (QED) is 0.909. The molecule has 0 radical (unpaired) electrons. The van der Waals surface area contributed by atoms with E-state index in [9.17, 15) is 14.0 Å². The molecule has 1 fully saturated rings. The fourth-order valence-corrected chi connectivity index (χ4v) is 2.37.